The molecule has 1 fully saturated rings. The molecule has 2 atom stereocenters. The van der Waals surface area contributed by atoms with E-state index in [0.29, 0.717) is 6.61 Å². The number of cyclic esters (lactones) is 1. The highest BCUT2D eigenvalue weighted by atomic mass is 16.5. The van der Waals surface area contributed by atoms with E-state index in [4.69, 9.17) is 4.74 Å². The molecule has 0 radical (unpaired) electrons. The van der Waals surface area contributed by atoms with Crippen molar-refractivity contribution in [2.75, 3.05) is 20.7 Å². The molecule has 1 rings (SSSR count). The van der Waals surface area contributed by atoms with E-state index in [2.05, 4.69) is 11.7 Å². The molecule has 4 heteroatoms. The number of carbonyl (C=O) groups is 1. The molecule has 1 aliphatic heterocycles. The summed E-state index contributed by atoms with van der Waals surface area (Å²) in [6.45, 7) is 6.01. The van der Waals surface area contributed by atoms with Gasteiger partial charge in [-0.25, -0.2) is 0 Å². The summed E-state index contributed by atoms with van der Waals surface area (Å²) in [5, 5.41) is 0. The van der Waals surface area contributed by atoms with E-state index >= 15 is 0 Å². The molecule has 0 N–H and O–H groups in total. The predicted octanol–water partition coefficient (Wildman–Crippen LogP) is 1.68. The first-order chi connectivity index (χ1) is 7.60. The van der Waals surface area contributed by atoms with Crippen molar-refractivity contribution < 1.29 is 9.53 Å². The van der Waals surface area contributed by atoms with Gasteiger partial charge in [0.1, 0.15) is 0 Å². The predicted molar refractivity (Wildman–Crippen MR) is 64.2 cm³/mol. The molecule has 0 spiro atoms. The first kappa shape index (κ1) is 12.7. The molecule has 0 unspecified atom stereocenters. The summed E-state index contributed by atoms with van der Waals surface area (Å²) in [5.41, 5.74) is 1.08. The minimum atomic E-state index is -0.0582. The molecule has 90 valence electrons. The molecule has 4 nitrogen and oxygen atoms in total. The molecule has 0 aromatic heterocycles. The largest absolute Gasteiger partial charge is 0.465 e. The molecule has 16 heavy (non-hydrogen) atoms. The highest BCUT2D eigenvalue weighted by Crippen LogP contribution is 2.30. The van der Waals surface area contributed by atoms with Gasteiger partial charge in [-0.2, -0.15) is 0 Å². The van der Waals surface area contributed by atoms with Crippen molar-refractivity contribution in [3.8, 4) is 0 Å². The van der Waals surface area contributed by atoms with Crippen LogP contribution in [-0.2, 0) is 9.53 Å². The average Bonchev–Trinajstić information content (AvgIpc) is 2.58. The molecule has 1 saturated heterocycles. The van der Waals surface area contributed by atoms with Crippen LogP contribution in [0.3, 0.4) is 0 Å². The van der Waals surface area contributed by atoms with Crippen molar-refractivity contribution in [1.82, 2.24) is 4.90 Å². The quantitative estimate of drug-likeness (QED) is 0.527. The molecule has 0 bridgehead atoms. The number of rotatable bonds is 5. The third kappa shape index (κ3) is 2.84. The molecule has 0 aromatic rings. The molecule has 0 aliphatic carbocycles. The van der Waals surface area contributed by atoms with Crippen LogP contribution in [0, 0.1) is 11.8 Å². The normalized spacial score (nSPS) is 25.4. The summed E-state index contributed by atoms with van der Waals surface area (Å²) in [6, 6.07) is 0. The van der Waals surface area contributed by atoms with Crippen molar-refractivity contribution in [3.05, 3.63) is 11.9 Å². The summed E-state index contributed by atoms with van der Waals surface area (Å²) in [5.74, 6) is 0.248. The molecular formula is C12H20N2O2. The van der Waals surface area contributed by atoms with Crippen molar-refractivity contribution in [2.45, 2.75) is 19.8 Å². The fourth-order valence-electron chi connectivity index (χ4n) is 2.03. The van der Waals surface area contributed by atoms with Crippen LogP contribution in [0.25, 0.3) is 0 Å². The lowest BCUT2D eigenvalue weighted by Gasteiger charge is -2.21. The zero-order chi connectivity index (χ0) is 12.1. The summed E-state index contributed by atoms with van der Waals surface area (Å²) in [7, 11) is 3.94. The van der Waals surface area contributed by atoms with Gasteiger partial charge < -0.3 is 9.64 Å². The van der Waals surface area contributed by atoms with Crippen LogP contribution in [0.4, 0.5) is 0 Å². The Balaban J connectivity index is 2.68. The summed E-state index contributed by atoms with van der Waals surface area (Å²) in [6.07, 6.45) is 3.40. The van der Waals surface area contributed by atoms with Gasteiger partial charge >= 0.3 is 5.97 Å². The Hall–Kier alpha value is -1.32. The van der Waals surface area contributed by atoms with Gasteiger partial charge in [0, 0.05) is 31.9 Å². The number of aliphatic imine (C=N–C) groups is 1. The number of esters is 1. The number of hydrogen-bond donors (Lipinski definition) is 0. The van der Waals surface area contributed by atoms with Crippen LogP contribution in [0.15, 0.2) is 16.9 Å². The number of allylic oxidation sites excluding steroid dienone is 1. The molecule has 0 saturated carbocycles. The second-order valence-electron chi connectivity index (χ2n) is 4.31. The number of carbonyl (C=O) groups excluding carboxylic acids is 1. The summed E-state index contributed by atoms with van der Waals surface area (Å²) >= 11 is 0. The summed E-state index contributed by atoms with van der Waals surface area (Å²) in [4.78, 5) is 17.2. The summed E-state index contributed by atoms with van der Waals surface area (Å²) < 4.78 is 5.10. The Morgan fingerprint density at radius 3 is 2.88 bits per heavy atom. The van der Waals surface area contributed by atoms with Crippen LogP contribution in [0.2, 0.25) is 0 Å². The van der Waals surface area contributed by atoms with Gasteiger partial charge in [0.05, 0.1) is 12.5 Å². The van der Waals surface area contributed by atoms with Crippen LogP contribution >= 0.6 is 0 Å². The molecule has 1 heterocycles. The highest BCUT2D eigenvalue weighted by Gasteiger charge is 2.35. The van der Waals surface area contributed by atoms with Gasteiger partial charge in [-0.05, 0) is 19.6 Å². The van der Waals surface area contributed by atoms with Crippen LogP contribution in [-0.4, -0.2) is 38.3 Å². The van der Waals surface area contributed by atoms with Crippen LogP contribution in [0.1, 0.15) is 19.8 Å². The third-order valence-corrected chi connectivity index (χ3v) is 3.04. The van der Waals surface area contributed by atoms with Gasteiger partial charge in [0.2, 0.25) is 0 Å². The van der Waals surface area contributed by atoms with Gasteiger partial charge in [-0.1, -0.05) is 6.92 Å². The molecular weight excluding hydrogens is 204 g/mol. The maximum atomic E-state index is 11.4. The Kier molecular flexibility index (Phi) is 4.52. The van der Waals surface area contributed by atoms with Crippen molar-refractivity contribution in [1.29, 1.82) is 0 Å². The third-order valence-electron chi connectivity index (χ3n) is 3.04. The number of ether oxygens (including phenoxy) is 1. The number of nitrogens with zero attached hydrogens (tertiary/aromatic N) is 2. The first-order valence-electron chi connectivity index (χ1n) is 5.59. The van der Waals surface area contributed by atoms with Crippen molar-refractivity contribution >= 4 is 12.7 Å². The van der Waals surface area contributed by atoms with Gasteiger partial charge in [-0.3, -0.25) is 9.79 Å². The van der Waals surface area contributed by atoms with E-state index in [0.717, 1.165) is 18.5 Å². The zero-order valence-electron chi connectivity index (χ0n) is 10.3. The smallest absolute Gasteiger partial charge is 0.309 e. The van der Waals surface area contributed by atoms with E-state index in [1.54, 1.807) is 6.20 Å². The second kappa shape index (κ2) is 5.68. The van der Waals surface area contributed by atoms with E-state index in [1.165, 1.54) is 0 Å². The zero-order valence-corrected chi connectivity index (χ0v) is 10.3. The van der Waals surface area contributed by atoms with Crippen molar-refractivity contribution in [3.63, 3.8) is 0 Å². The first-order valence-corrected chi connectivity index (χ1v) is 5.59. The number of hydrogen-bond acceptors (Lipinski definition) is 4. The van der Waals surface area contributed by atoms with Gasteiger partial charge in [0.15, 0.2) is 0 Å². The standard InChI is InChI=1S/C12H20N2O2/c1-5-11-9(8-16-12(11)15)6-10(7-13-2)14(3)4/h7,9,11H,2,5-6,8H2,1,3-4H3/b10-7-/t9-,11-/m0/s1. The highest BCUT2D eigenvalue weighted by molar-refractivity contribution is 5.74. The van der Waals surface area contributed by atoms with E-state index in [9.17, 15) is 4.79 Å². The second-order valence-corrected chi connectivity index (χ2v) is 4.31. The average molecular weight is 224 g/mol. The van der Waals surface area contributed by atoms with Crippen LogP contribution < -0.4 is 0 Å². The van der Waals surface area contributed by atoms with E-state index in [1.807, 2.05) is 25.9 Å². The van der Waals surface area contributed by atoms with Gasteiger partial charge in [0.25, 0.3) is 0 Å². The minimum absolute atomic E-state index is 0.0353. The van der Waals surface area contributed by atoms with Crippen LogP contribution in [0.5, 0.6) is 0 Å². The minimum Gasteiger partial charge on any atom is -0.465 e. The lowest BCUT2D eigenvalue weighted by molar-refractivity contribution is -0.141. The Labute approximate surface area is 97.0 Å². The molecule has 0 amide bonds. The van der Waals surface area contributed by atoms with Crippen molar-refractivity contribution in [2.24, 2.45) is 16.8 Å². The lowest BCUT2D eigenvalue weighted by Crippen LogP contribution is -2.20. The Morgan fingerprint density at radius 2 is 2.38 bits per heavy atom. The lowest BCUT2D eigenvalue weighted by atomic mass is 9.89. The fraction of sp³-hybridized carbons (Fsp3) is 0.667. The maximum Gasteiger partial charge on any atom is 0.309 e. The monoisotopic (exact) mass is 224 g/mol. The Bertz CT molecular complexity index is 297. The fourth-order valence-corrected chi connectivity index (χ4v) is 2.03. The maximum absolute atomic E-state index is 11.4. The topological polar surface area (TPSA) is 41.9 Å². The van der Waals surface area contributed by atoms with E-state index in [-0.39, 0.29) is 17.8 Å². The van der Waals surface area contributed by atoms with Gasteiger partial charge in [-0.15, -0.1) is 0 Å². The molecule has 0 aromatic carbocycles. The molecule has 1 aliphatic rings. The Morgan fingerprint density at radius 1 is 1.69 bits per heavy atom. The SMILES string of the molecule is C=N/C=C(/C[C@H]1COC(=O)[C@H]1CC)N(C)C. The van der Waals surface area contributed by atoms with E-state index < -0.39 is 0 Å².